The van der Waals surface area contributed by atoms with Crippen molar-refractivity contribution in [1.29, 1.82) is 0 Å². The molecule has 2 aromatic heterocycles. The molecule has 4 aromatic rings. The number of aliphatic hydroxyl groups excluding tert-OH is 1. The number of fused-ring (bicyclic) bond motifs is 6. The average Bonchev–Trinajstić information content (AvgIpc) is 3.59. The van der Waals surface area contributed by atoms with Crippen molar-refractivity contribution in [1.82, 2.24) is 29.9 Å². The maximum absolute atomic E-state index is 13.1. The van der Waals surface area contributed by atoms with Gasteiger partial charge in [-0.2, -0.15) is 9.97 Å². The Labute approximate surface area is 261 Å². The van der Waals surface area contributed by atoms with Gasteiger partial charge in [-0.15, -0.1) is 0 Å². The van der Waals surface area contributed by atoms with Gasteiger partial charge in [0.1, 0.15) is 11.4 Å². The first-order valence-electron chi connectivity index (χ1n) is 15.8. The van der Waals surface area contributed by atoms with Crippen molar-refractivity contribution in [2.45, 2.75) is 49.6 Å². The fourth-order valence-electron chi connectivity index (χ4n) is 7.29. The van der Waals surface area contributed by atoms with Crippen LogP contribution in [0.3, 0.4) is 0 Å². The fourth-order valence-corrected chi connectivity index (χ4v) is 7.29. The molecule has 2 bridgehead atoms. The molecule has 1 amide bonds. The maximum Gasteiger partial charge on any atom is 0.263 e. The quantitative estimate of drug-likeness (QED) is 0.236. The molecule has 45 heavy (non-hydrogen) atoms. The van der Waals surface area contributed by atoms with Crippen LogP contribution in [0.1, 0.15) is 71.5 Å². The van der Waals surface area contributed by atoms with Crippen molar-refractivity contribution in [3.63, 3.8) is 0 Å². The third kappa shape index (κ3) is 5.05. The van der Waals surface area contributed by atoms with Crippen LogP contribution in [0.4, 0.5) is 17.5 Å². The molecule has 2 atom stereocenters. The molecule has 5 aliphatic rings. The predicted molar refractivity (Wildman–Crippen MR) is 169 cm³/mol. The van der Waals surface area contributed by atoms with Gasteiger partial charge < -0.3 is 30.1 Å². The fraction of sp³-hybridized carbons (Fsp3) is 0.382. The molecule has 5 aliphatic heterocycles. The van der Waals surface area contributed by atoms with Gasteiger partial charge in [0.25, 0.3) is 11.8 Å². The Morgan fingerprint density at radius 2 is 1.84 bits per heavy atom. The number of anilines is 3. The Hall–Kier alpha value is -4.61. The summed E-state index contributed by atoms with van der Waals surface area (Å²) in [4.78, 5) is 31.9. The Balaban J connectivity index is 1.12. The van der Waals surface area contributed by atoms with Crippen LogP contribution in [0, 0.1) is 0 Å². The van der Waals surface area contributed by atoms with E-state index in [1.165, 1.54) is 0 Å². The van der Waals surface area contributed by atoms with Crippen molar-refractivity contribution >= 4 is 23.4 Å². The minimum atomic E-state index is -0.419. The zero-order chi connectivity index (χ0) is 30.4. The molecular weight excluding hydrogens is 568 g/mol. The van der Waals surface area contributed by atoms with E-state index in [0.29, 0.717) is 29.8 Å². The molecule has 0 spiro atoms. The first-order chi connectivity index (χ1) is 22.1. The number of carbonyl (C=O) groups is 1. The smallest absolute Gasteiger partial charge is 0.263 e. The number of nitrogens with zero attached hydrogens (tertiary/aromatic N) is 6. The SMILES string of the molecule is O=C1c2ccc(Nc3ncc(-c4nc(C56CCN(CC5)CC6)no4)c(N[C@H](CO)c4ccccc4)n3)cc2C2CCC=CCN12. The second-order valence-corrected chi connectivity index (χ2v) is 12.5. The van der Waals surface area contributed by atoms with Crippen LogP contribution in [0.25, 0.3) is 11.5 Å². The van der Waals surface area contributed by atoms with Gasteiger partial charge in [-0.3, -0.25) is 4.79 Å². The maximum atomic E-state index is 13.1. The van der Waals surface area contributed by atoms with Crippen molar-refractivity contribution in [3.05, 3.63) is 89.4 Å². The van der Waals surface area contributed by atoms with Gasteiger partial charge in [-0.25, -0.2) is 4.98 Å². The molecule has 1 unspecified atom stereocenters. The van der Waals surface area contributed by atoms with Crippen LogP contribution in [0.5, 0.6) is 0 Å². The summed E-state index contributed by atoms with van der Waals surface area (Å²) in [5.41, 5.74) is 4.01. The minimum Gasteiger partial charge on any atom is -0.394 e. The molecule has 11 nitrogen and oxygen atoms in total. The molecule has 2 aromatic carbocycles. The highest BCUT2D eigenvalue weighted by atomic mass is 16.5. The van der Waals surface area contributed by atoms with E-state index >= 15 is 0 Å². The van der Waals surface area contributed by atoms with E-state index in [2.05, 4.69) is 37.8 Å². The zero-order valence-electron chi connectivity index (χ0n) is 25.0. The largest absolute Gasteiger partial charge is 0.394 e. The van der Waals surface area contributed by atoms with Crippen LogP contribution in [0.2, 0.25) is 0 Å². The third-order valence-corrected chi connectivity index (χ3v) is 9.94. The van der Waals surface area contributed by atoms with E-state index in [4.69, 9.17) is 14.5 Å². The number of nitrogens with one attached hydrogen (secondary N) is 2. The summed E-state index contributed by atoms with van der Waals surface area (Å²) in [6, 6.07) is 15.2. The summed E-state index contributed by atoms with van der Waals surface area (Å²) in [5.74, 6) is 2.02. The molecule has 7 heterocycles. The summed E-state index contributed by atoms with van der Waals surface area (Å²) in [6.45, 7) is 3.66. The summed E-state index contributed by atoms with van der Waals surface area (Å²) >= 11 is 0. The lowest BCUT2D eigenvalue weighted by atomic mass is 9.71. The number of carbonyl (C=O) groups excluding carboxylic acids is 1. The van der Waals surface area contributed by atoms with E-state index in [1.54, 1.807) is 6.20 Å². The number of hydrogen-bond acceptors (Lipinski definition) is 10. The summed E-state index contributed by atoms with van der Waals surface area (Å²) < 4.78 is 5.87. The summed E-state index contributed by atoms with van der Waals surface area (Å²) in [7, 11) is 0. The lowest BCUT2D eigenvalue weighted by Crippen LogP contribution is -2.51. The number of piperidine rings is 3. The van der Waals surface area contributed by atoms with E-state index in [-0.39, 0.29) is 24.0 Å². The molecular formula is C34H36N8O3. The van der Waals surface area contributed by atoms with Crippen molar-refractivity contribution < 1.29 is 14.4 Å². The number of benzene rings is 2. The van der Waals surface area contributed by atoms with Gasteiger partial charge >= 0.3 is 0 Å². The van der Waals surface area contributed by atoms with Crippen LogP contribution in [-0.4, -0.2) is 73.7 Å². The van der Waals surface area contributed by atoms with Gasteiger partial charge in [-0.05, 0) is 81.1 Å². The highest BCUT2D eigenvalue weighted by molar-refractivity contribution is 6.00. The van der Waals surface area contributed by atoms with Crippen molar-refractivity contribution in [2.75, 3.05) is 43.4 Å². The Morgan fingerprint density at radius 1 is 1.02 bits per heavy atom. The number of aliphatic hydroxyl groups is 1. The second-order valence-electron chi connectivity index (χ2n) is 12.5. The minimum absolute atomic E-state index is 0.0535. The molecule has 3 N–H and O–H groups in total. The highest BCUT2D eigenvalue weighted by Gasteiger charge is 2.44. The molecule has 11 heteroatoms. The van der Waals surface area contributed by atoms with Crippen LogP contribution >= 0.6 is 0 Å². The first-order valence-corrected chi connectivity index (χ1v) is 15.8. The standard InChI is InChI=1S/C34H36N8O3/c43-21-27(22-7-3-1-4-8-22)37-29-26(30-39-32(40-45-30)34-12-16-41(17-13-34)18-14-34)20-35-33(38-29)36-23-10-11-24-25(19-23)28-9-5-2-6-15-42(28)31(24)44/h1-4,6-8,10-11,19-20,27-28,43H,5,9,12-18,21H2,(H2,35,36,37,38)/t27-,28?/m1/s1. The van der Waals surface area contributed by atoms with Crippen LogP contribution < -0.4 is 10.6 Å². The van der Waals surface area contributed by atoms with Gasteiger partial charge in [0, 0.05) is 29.4 Å². The third-order valence-electron chi connectivity index (χ3n) is 9.94. The van der Waals surface area contributed by atoms with Gasteiger partial charge in [0.05, 0.1) is 18.7 Å². The van der Waals surface area contributed by atoms with Crippen LogP contribution in [0.15, 0.2) is 71.4 Å². The zero-order valence-corrected chi connectivity index (χ0v) is 25.0. The number of amides is 1. The summed E-state index contributed by atoms with van der Waals surface area (Å²) in [5, 5.41) is 21.6. The van der Waals surface area contributed by atoms with Gasteiger partial charge in [-0.1, -0.05) is 47.6 Å². The van der Waals surface area contributed by atoms with E-state index < -0.39 is 6.04 Å². The second kappa shape index (κ2) is 11.4. The molecule has 3 fully saturated rings. The van der Waals surface area contributed by atoms with Crippen molar-refractivity contribution in [3.8, 4) is 11.5 Å². The molecule has 0 radical (unpaired) electrons. The number of aromatic nitrogens is 4. The average molecular weight is 605 g/mol. The Morgan fingerprint density at radius 3 is 2.64 bits per heavy atom. The molecule has 0 aliphatic carbocycles. The number of hydrogen-bond donors (Lipinski definition) is 3. The first kappa shape index (κ1) is 27.9. The van der Waals surface area contributed by atoms with Gasteiger partial charge in [0.15, 0.2) is 5.82 Å². The molecule has 230 valence electrons. The van der Waals surface area contributed by atoms with Crippen molar-refractivity contribution in [2.24, 2.45) is 0 Å². The van der Waals surface area contributed by atoms with E-state index in [9.17, 15) is 9.90 Å². The highest BCUT2D eigenvalue weighted by Crippen LogP contribution is 2.43. The molecule has 9 rings (SSSR count). The Bertz CT molecular complexity index is 1730. The normalized spacial score (nSPS) is 24.2. The Kier molecular flexibility index (Phi) is 7.06. The lowest BCUT2D eigenvalue weighted by Gasteiger charge is -2.46. The predicted octanol–water partition coefficient (Wildman–Crippen LogP) is 5.00. The van der Waals surface area contributed by atoms with E-state index in [1.807, 2.05) is 53.4 Å². The molecule has 3 saturated heterocycles. The van der Waals surface area contributed by atoms with Gasteiger partial charge in [0.2, 0.25) is 5.95 Å². The lowest BCUT2D eigenvalue weighted by molar-refractivity contribution is 0.0745. The number of allylic oxidation sites excluding steroid dienone is 1. The topological polar surface area (TPSA) is 133 Å². The molecule has 0 saturated carbocycles. The van der Waals surface area contributed by atoms with Crippen LogP contribution in [-0.2, 0) is 5.41 Å². The number of rotatable bonds is 8. The van der Waals surface area contributed by atoms with E-state index in [0.717, 1.165) is 79.9 Å². The summed E-state index contributed by atoms with van der Waals surface area (Å²) in [6.07, 6.45) is 10.8. The monoisotopic (exact) mass is 604 g/mol.